The standard InChI is InChI=1S/C18H23N3O3/c1-3-14-15(4-2)20-21-18(24)16(14)17(23)19-10-9-12-5-7-13(11-22)8-6-12/h5-8,22H,3-4,9-11H2,1-2H3,(H,19,23)(H,21,24). The van der Waals surface area contributed by atoms with Crippen molar-refractivity contribution >= 4 is 5.91 Å². The van der Waals surface area contributed by atoms with Gasteiger partial charge >= 0.3 is 0 Å². The Bertz CT molecular complexity index is 751. The molecule has 1 amide bonds. The largest absolute Gasteiger partial charge is 0.392 e. The third-order valence-corrected chi connectivity index (χ3v) is 3.99. The van der Waals surface area contributed by atoms with Crippen LogP contribution in [0.5, 0.6) is 0 Å². The van der Waals surface area contributed by atoms with Crippen LogP contribution in [0, 0.1) is 0 Å². The maximum absolute atomic E-state index is 12.4. The lowest BCUT2D eigenvalue weighted by molar-refractivity contribution is 0.0951. The maximum Gasteiger partial charge on any atom is 0.277 e. The number of aliphatic hydroxyl groups excluding tert-OH is 1. The average molecular weight is 329 g/mol. The summed E-state index contributed by atoms with van der Waals surface area (Å²) >= 11 is 0. The SMILES string of the molecule is CCc1n[nH]c(=O)c(C(=O)NCCc2ccc(CO)cc2)c1CC. The molecule has 0 aliphatic rings. The molecule has 24 heavy (non-hydrogen) atoms. The first-order valence-corrected chi connectivity index (χ1v) is 8.18. The van der Waals surface area contributed by atoms with Crippen molar-refractivity contribution in [3.05, 3.63) is 62.6 Å². The van der Waals surface area contributed by atoms with Crippen molar-refractivity contribution in [3.8, 4) is 0 Å². The van der Waals surface area contributed by atoms with E-state index in [1.165, 1.54) is 0 Å². The molecule has 0 spiro atoms. The molecule has 1 heterocycles. The number of aryl methyl sites for hydroxylation is 1. The van der Waals surface area contributed by atoms with E-state index in [9.17, 15) is 9.59 Å². The molecule has 3 N–H and O–H groups in total. The predicted octanol–water partition coefficient (Wildman–Crippen LogP) is 1.36. The number of nitrogens with zero attached hydrogens (tertiary/aromatic N) is 1. The van der Waals surface area contributed by atoms with Crippen LogP contribution in [0.4, 0.5) is 0 Å². The molecule has 0 saturated heterocycles. The Morgan fingerprint density at radius 1 is 1.17 bits per heavy atom. The average Bonchev–Trinajstić information content (AvgIpc) is 2.61. The van der Waals surface area contributed by atoms with Gasteiger partial charge in [0.2, 0.25) is 0 Å². The number of nitrogens with one attached hydrogen (secondary N) is 2. The summed E-state index contributed by atoms with van der Waals surface area (Å²) in [5.41, 5.74) is 3.09. The van der Waals surface area contributed by atoms with Crippen LogP contribution in [0.3, 0.4) is 0 Å². The molecule has 0 saturated carbocycles. The number of carbonyl (C=O) groups is 1. The van der Waals surface area contributed by atoms with Crippen LogP contribution in [-0.2, 0) is 25.9 Å². The Morgan fingerprint density at radius 3 is 2.42 bits per heavy atom. The number of aromatic nitrogens is 2. The molecule has 1 aromatic heterocycles. The van der Waals surface area contributed by atoms with Crippen molar-refractivity contribution in [2.75, 3.05) is 6.54 Å². The summed E-state index contributed by atoms with van der Waals surface area (Å²) in [4.78, 5) is 24.4. The molecule has 128 valence electrons. The molecule has 6 nitrogen and oxygen atoms in total. The number of amides is 1. The van der Waals surface area contributed by atoms with E-state index in [1.807, 2.05) is 38.1 Å². The van der Waals surface area contributed by atoms with Crippen molar-refractivity contribution in [2.45, 2.75) is 39.7 Å². The molecule has 0 aliphatic carbocycles. The van der Waals surface area contributed by atoms with Gasteiger partial charge in [-0.3, -0.25) is 9.59 Å². The van der Waals surface area contributed by atoms with E-state index in [4.69, 9.17) is 5.11 Å². The fourth-order valence-electron chi connectivity index (χ4n) is 2.66. The Kier molecular flexibility index (Phi) is 6.26. The second kappa shape index (κ2) is 8.40. The highest BCUT2D eigenvalue weighted by atomic mass is 16.3. The molecule has 2 aromatic rings. The number of benzene rings is 1. The molecule has 0 aliphatic heterocycles. The van der Waals surface area contributed by atoms with E-state index >= 15 is 0 Å². The lowest BCUT2D eigenvalue weighted by Crippen LogP contribution is -2.33. The van der Waals surface area contributed by atoms with Gasteiger partial charge in [0.25, 0.3) is 11.5 Å². The minimum absolute atomic E-state index is 0.0153. The summed E-state index contributed by atoms with van der Waals surface area (Å²) in [5.74, 6) is -0.364. The van der Waals surface area contributed by atoms with E-state index in [-0.39, 0.29) is 18.1 Å². The number of aromatic amines is 1. The second-order valence-electron chi connectivity index (χ2n) is 5.54. The third kappa shape index (κ3) is 4.08. The summed E-state index contributed by atoms with van der Waals surface area (Å²) in [7, 11) is 0. The van der Waals surface area contributed by atoms with Crippen LogP contribution in [0.1, 0.15) is 46.6 Å². The normalized spacial score (nSPS) is 10.6. The summed E-state index contributed by atoms with van der Waals surface area (Å²) in [6, 6.07) is 7.55. The Morgan fingerprint density at radius 2 is 1.83 bits per heavy atom. The fourth-order valence-corrected chi connectivity index (χ4v) is 2.66. The van der Waals surface area contributed by atoms with Crippen LogP contribution in [0.2, 0.25) is 0 Å². The fraction of sp³-hybridized carbons (Fsp3) is 0.389. The lowest BCUT2D eigenvalue weighted by atomic mass is 10.0. The van der Waals surface area contributed by atoms with E-state index in [0.29, 0.717) is 31.4 Å². The molecule has 2 rings (SSSR count). The molecule has 0 bridgehead atoms. The first-order chi connectivity index (χ1) is 11.6. The maximum atomic E-state index is 12.4. The number of H-pyrrole nitrogens is 1. The smallest absolute Gasteiger partial charge is 0.277 e. The number of hydrogen-bond acceptors (Lipinski definition) is 4. The van der Waals surface area contributed by atoms with Gasteiger partial charge in [-0.05, 0) is 36.0 Å². The number of rotatable bonds is 7. The zero-order valence-corrected chi connectivity index (χ0v) is 14.1. The summed E-state index contributed by atoms with van der Waals surface area (Å²) in [6.45, 7) is 4.30. The summed E-state index contributed by atoms with van der Waals surface area (Å²) in [5, 5.41) is 18.3. The molecular formula is C18H23N3O3. The number of carbonyl (C=O) groups excluding carboxylic acids is 1. The second-order valence-corrected chi connectivity index (χ2v) is 5.54. The molecule has 0 fully saturated rings. The van der Waals surface area contributed by atoms with Crippen molar-refractivity contribution in [1.82, 2.24) is 15.5 Å². The first kappa shape index (κ1) is 17.9. The third-order valence-electron chi connectivity index (χ3n) is 3.99. The lowest BCUT2D eigenvalue weighted by Gasteiger charge is -2.11. The van der Waals surface area contributed by atoms with Crippen LogP contribution < -0.4 is 10.9 Å². The zero-order valence-electron chi connectivity index (χ0n) is 14.1. The zero-order chi connectivity index (χ0) is 17.5. The van der Waals surface area contributed by atoms with Gasteiger partial charge in [0.1, 0.15) is 5.56 Å². The Hall–Kier alpha value is -2.47. The van der Waals surface area contributed by atoms with Gasteiger partial charge in [-0.15, -0.1) is 0 Å². The molecular weight excluding hydrogens is 306 g/mol. The van der Waals surface area contributed by atoms with Crippen molar-refractivity contribution in [1.29, 1.82) is 0 Å². The van der Waals surface area contributed by atoms with Gasteiger partial charge in [0, 0.05) is 6.54 Å². The first-order valence-electron chi connectivity index (χ1n) is 8.18. The minimum atomic E-state index is -0.450. The van der Waals surface area contributed by atoms with E-state index in [2.05, 4.69) is 15.5 Å². The van der Waals surface area contributed by atoms with E-state index < -0.39 is 5.56 Å². The summed E-state index contributed by atoms with van der Waals surface area (Å²) in [6.07, 6.45) is 1.91. The van der Waals surface area contributed by atoms with Crippen molar-refractivity contribution < 1.29 is 9.90 Å². The summed E-state index contributed by atoms with van der Waals surface area (Å²) < 4.78 is 0. The van der Waals surface area contributed by atoms with Gasteiger partial charge in [-0.25, -0.2) is 5.10 Å². The minimum Gasteiger partial charge on any atom is -0.392 e. The Labute approximate surface area is 140 Å². The van der Waals surface area contributed by atoms with Gasteiger partial charge in [0.15, 0.2) is 0 Å². The van der Waals surface area contributed by atoms with Gasteiger partial charge in [0.05, 0.1) is 12.3 Å². The molecule has 1 aromatic carbocycles. The number of aliphatic hydroxyl groups is 1. The van der Waals surface area contributed by atoms with E-state index in [1.54, 1.807) is 0 Å². The topological polar surface area (TPSA) is 95.1 Å². The monoisotopic (exact) mass is 329 g/mol. The van der Waals surface area contributed by atoms with Gasteiger partial charge in [-0.2, -0.15) is 5.10 Å². The number of hydrogen-bond donors (Lipinski definition) is 3. The van der Waals surface area contributed by atoms with Crippen LogP contribution in [0.15, 0.2) is 29.1 Å². The highest BCUT2D eigenvalue weighted by Gasteiger charge is 2.18. The Balaban J connectivity index is 2.05. The van der Waals surface area contributed by atoms with E-state index in [0.717, 1.165) is 16.8 Å². The van der Waals surface area contributed by atoms with Gasteiger partial charge < -0.3 is 10.4 Å². The van der Waals surface area contributed by atoms with Crippen LogP contribution >= 0.6 is 0 Å². The molecule has 0 radical (unpaired) electrons. The van der Waals surface area contributed by atoms with Crippen LogP contribution in [-0.4, -0.2) is 27.8 Å². The van der Waals surface area contributed by atoms with Crippen LogP contribution in [0.25, 0.3) is 0 Å². The van der Waals surface area contributed by atoms with Crippen molar-refractivity contribution in [3.63, 3.8) is 0 Å². The molecule has 0 atom stereocenters. The molecule has 0 unspecified atom stereocenters. The quantitative estimate of drug-likeness (QED) is 0.715. The molecule has 6 heteroatoms. The van der Waals surface area contributed by atoms with Crippen molar-refractivity contribution in [2.24, 2.45) is 0 Å². The highest BCUT2D eigenvalue weighted by Crippen LogP contribution is 2.10. The van der Waals surface area contributed by atoms with Gasteiger partial charge in [-0.1, -0.05) is 38.1 Å². The highest BCUT2D eigenvalue weighted by molar-refractivity contribution is 5.95. The predicted molar refractivity (Wildman–Crippen MR) is 92.0 cm³/mol.